The predicted molar refractivity (Wildman–Crippen MR) is 56.9 cm³/mol. The number of rotatable bonds is 6. The molecule has 0 saturated carbocycles. The van der Waals surface area contributed by atoms with Crippen LogP contribution < -0.4 is 11.1 Å². The van der Waals surface area contributed by atoms with Crippen LogP contribution in [0, 0.1) is 0 Å². The first-order valence-corrected chi connectivity index (χ1v) is 5.08. The maximum absolute atomic E-state index is 11.8. The Kier molecular flexibility index (Phi) is 6.25. The highest BCUT2D eigenvalue weighted by Gasteiger charge is 2.28. The number of aliphatic carboxylic acids is 1. The van der Waals surface area contributed by atoms with Crippen LogP contribution in [0.4, 0.5) is 13.2 Å². The van der Waals surface area contributed by atoms with Crippen LogP contribution in [-0.4, -0.2) is 60.1 Å². The Hall–Kier alpha value is -1.84. The molecule has 1 unspecified atom stereocenters. The molecule has 0 aliphatic heterocycles. The van der Waals surface area contributed by atoms with Crippen molar-refractivity contribution in [3.05, 3.63) is 0 Å². The Morgan fingerprint density at radius 1 is 1.37 bits per heavy atom. The number of halogens is 3. The largest absolute Gasteiger partial charge is 0.481 e. The standard InChI is InChI=1S/C9H14F3N3O4/c1-15(8(19)5(13)2-7(17)18)3-6(16)14-4-9(10,11)12/h5H,2-4,13H2,1H3,(H,14,16)(H,17,18). The van der Waals surface area contributed by atoms with E-state index in [1.165, 1.54) is 0 Å². The number of amides is 2. The van der Waals surface area contributed by atoms with Crippen LogP contribution in [0.1, 0.15) is 6.42 Å². The summed E-state index contributed by atoms with van der Waals surface area (Å²) in [7, 11) is 1.14. The Morgan fingerprint density at radius 3 is 2.32 bits per heavy atom. The van der Waals surface area contributed by atoms with Gasteiger partial charge in [0.1, 0.15) is 6.54 Å². The molecule has 0 aliphatic carbocycles. The fourth-order valence-corrected chi connectivity index (χ4v) is 1.11. The lowest BCUT2D eigenvalue weighted by Crippen LogP contribution is -2.47. The minimum atomic E-state index is -4.54. The molecule has 0 aromatic carbocycles. The molecule has 0 heterocycles. The average Bonchev–Trinajstić information content (AvgIpc) is 2.23. The Labute approximate surface area is 106 Å². The van der Waals surface area contributed by atoms with E-state index in [0.29, 0.717) is 0 Å². The lowest BCUT2D eigenvalue weighted by molar-refractivity contribution is -0.144. The fraction of sp³-hybridized carbons (Fsp3) is 0.667. The first kappa shape index (κ1) is 17.2. The van der Waals surface area contributed by atoms with Gasteiger partial charge in [0.15, 0.2) is 0 Å². The summed E-state index contributed by atoms with van der Waals surface area (Å²) in [6.45, 7) is -2.14. The topological polar surface area (TPSA) is 113 Å². The number of alkyl halides is 3. The van der Waals surface area contributed by atoms with E-state index in [1.54, 1.807) is 5.32 Å². The van der Waals surface area contributed by atoms with Crippen LogP contribution in [0.2, 0.25) is 0 Å². The summed E-state index contributed by atoms with van der Waals surface area (Å²) in [5.74, 6) is -3.16. The summed E-state index contributed by atoms with van der Waals surface area (Å²) >= 11 is 0. The number of nitrogens with zero attached hydrogens (tertiary/aromatic N) is 1. The highest BCUT2D eigenvalue weighted by atomic mass is 19.4. The molecule has 0 fully saturated rings. The van der Waals surface area contributed by atoms with E-state index in [1.807, 2.05) is 0 Å². The SMILES string of the molecule is CN(CC(=O)NCC(F)(F)F)C(=O)C(N)CC(=O)O. The Bertz CT molecular complexity index is 359. The number of carboxylic acid groups (broad SMARTS) is 1. The average molecular weight is 285 g/mol. The van der Waals surface area contributed by atoms with Crippen LogP contribution in [-0.2, 0) is 14.4 Å². The summed E-state index contributed by atoms with van der Waals surface area (Å²) in [5, 5.41) is 9.99. The van der Waals surface area contributed by atoms with Gasteiger partial charge in [-0.2, -0.15) is 13.2 Å². The van der Waals surface area contributed by atoms with Gasteiger partial charge < -0.3 is 21.1 Å². The molecule has 0 rings (SSSR count). The summed E-state index contributed by atoms with van der Waals surface area (Å²) in [6, 6.07) is -1.35. The van der Waals surface area contributed by atoms with E-state index in [2.05, 4.69) is 0 Å². The maximum atomic E-state index is 11.8. The zero-order chi connectivity index (χ0) is 15.2. The molecule has 0 saturated heterocycles. The number of hydrogen-bond donors (Lipinski definition) is 3. The van der Waals surface area contributed by atoms with Gasteiger partial charge in [0.2, 0.25) is 11.8 Å². The number of hydrogen-bond acceptors (Lipinski definition) is 4. The van der Waals surface area contributed by atoms with Gasteiger partial charge in [-0.15, -0.1) is 0 Å². The van der Waals surface area contributed by atoms with Gasteiger partial charge >= 0.3 is 12.1 Å². The van der Waals surface area contributed by atoms with Crippen molar-refractivity contribution in [3.63, 3.8) is 0 Å². The molecule has 7 nitrogen and oxygen atoms in total. The van der Waals surface area contributed by atoms with Crippen LogP contribution in [0.3, 0.4) is 0 Å². The van der Waals surface area contributed by atoms with Gasteiger partial charge in [0.25, 0.3) is 0 Å². The molecule has 0 radical (unpaired) electrons. The summed E-state index contributed by atoms with van der Waals surface area (Å²) < 4.78 is 35.4. The van der Waals surface area contributed by atoms with Crippen molar-refractivity contribution in [2.24, 2.45) is 5.73 Å². The third kappa shape index (κ3) is 7.97. The molecule has 10 heteroatoms. The number of carbonyl (C=O) groups excluding carboxylic acids is 2. The van der Waals surface area contributed by atoms with Gasteiger partial charge in [0.05, 0.1) is 19.0 Å². The quantitative estimate of drug-likeness (QED) is 0.575. The monoisotopic (exact) mass is 285 g/mol. The zero-order valence-electron chi connectivity index (χ0n) is 10.0. The molecule has 0 aromatic heterocycles. The molecule has 0 bridgehead atoms. The van der Waals surface area contributed by atoms with Gasteiger partial charge in [-0.05, 0) is 0 Å². The number of nitrogens with two attached hydrogens (primary N) is 1. The van der Waals surface area contributed by atoms with Gasteiger partial charge in [-0.25, -0.2) is 0 Å². The van der Waals surface area contributed by atoms with Gasteiger partial charge in [-0.1, -0.05) is 0 Å². The van der Waals surface area contributed by atoms with Crippen LogP contribution >= 0.6 is 0 Å². The molecule has 4 N–H and O–H groups in total. The number of carbonyl (C=O) groups is 3. The lowest BCUT2D eigenvalue weighted by Gasteiger charge is -2.20. The van der Waals surface area contributed by atoms with Crippen molar-refractivity contribution in [1.29, 1.82) is 0 Å². The third-order valence-electron chi connectivity index (χ3n) is 1.95. The van der Waals surface area contributed by atoms with E-state index >= 15 is 0 Å². The van der Waals surface area contributed by atoms with Crippen LogP contribution in [0.5, 0.6) is 0 Å². The van der Waals surface area contributed by atoms with Crippen molar-refractivity contribution in [2.45, 2.75) is 18.6 Å². The highest BCUT2D eigenvalue weighted by molar-refractivity contribution is 5.89. The van der Waals surface area contributed by atoms with Crippen molar-refractivity contribution >= 4 is 17.8 Å². The van der Waals surface area contributed by atoms with Crippen molar-refractivity contribution < 1.29 is 32.7 Å². The second kappa shape index (κ2) is 6.92. The normalized spacial score (nSPS) is 12.7. The first-order chi connectivity index (χ1) is 8.53. The highest BCUT2D eigenvalue weighted by Crippen LogP contribution is 2.11. The second-order valence-electron chi connectivity index (χ2n) is 3.79. The Morgan fingerprint density at radius 2 is 1.89 bits per heavy atom. The molecule has 1 atom stereocenters. The number of likely N-dealkylation sites (N-methyl/N-ethyl adjacent to an activating group) is 1. The molecule has 0 aromatic rings. The van der Waals surface area contributed by atoms with E-state index in [-0.39, 0.29) is 0 Å². The summed E-state index contributed by atoms with van der Waals surface area (Å²) in [6.07, 6.45) is -5.18. The van der Waals surface area contributed by atoms with Gasteiger partial charge in [0, 0.05) is 7.05 Å². The number of nitrogens with one attached hydrogen (secondary N) is 1. The number of carboxylic acids is 1. The van der Waals surface area contributed by atoms with Gasteiger partial charge in [-0.3, -0.25) is 14.4 Å². The maximum Gasteiger partial charge on any atom is 0.405 e. The summed E-state index contributed by atoms with van der Waals surface area (Å²) in [5.41, 5.74) is 5.25. The van der Waals surface area contributed by atoms with Crippen LogP contribution in [0.15, 0.2) is 0 Å². The van der Waals surface area contributed by atoms with E-state index < -0.39 is 49.5 Å². The van der Waals surface area contributed by atoms with Crippen molar-refractivity contribution in [1.82, 2.24) is 10.2 Å². The van der Waals surface area contributed by atoms with E-state index in [0.717, 1.165) is 11.9 Å². The molecular weight excluding hydrogens is 271 g/mol. The molecule has 110 valence electrons. The van der Waals surface area contributed by atoms with Crippen LogP contribution in [0.25, 0.3) is 0 Å². The van der Waals surface area contributed by atoms with Crippen molar-refractivity contribution in [2.75, 3.05) is 20.1 Å². The Balaban J connectivity index is 4.22. The minimum absolute atomic E-state index is 0.632. The molecule has 19 heavy (non-hydrogen) atoms. The van der Waals surface area contributed by atoms with E-state index in [4.69, 9.17) is 10.8 Å². The third-order valence-corrected chi connectivity index (χ3v) is 1.95. The predicted octanol–water partition coefficient (Wildman–Crippen LogP) is -1.07. The molecular formula is C9H14F3N3O4. The molecule has 0 aliphatic rings. The minimum Gasteiger partial charge on any atom is -0.481 e. The summed E-state index contributed by atoms with van der Waals surface area (Å²) in [4.78, 5) is 33.6. The second-order valence-corrected chi connectivity index (χ2v) is 3.79. The smallest absolute Gasteiger partial charge is 0.405 e. The first-order valence-electron chi connectivity index (χ1n) is 5.08. The fourth-order valence-electron chi connectivity index (χ4n) is 1.11. The van der Waals surface area contributed by atoms with E-state index in [9.17, 15) is 27.6 Å². The van der Waals surface area contributed by atoms with Crippen molar-refractivity contribution in [3.8, 4) is 0 Å². The zero-order valence-corrected chi connectivity index (χ0v) is 10.0. The molecule has 2 amide bonds. The lowest BCUT2D eigenvalue weighted by atomic mass is 10.2. The molecule has 0 spiro atoms.